The summed E-state index contributed by atoms with van der Waals surface area (Å²) in [6.07, 6.45) is 2.54. The maximum Gasteiger partial charge on any atom is 0.241 e. The molecule has 0 bridgehead atoms. The highest BCUT2D eigenvalue weighted by Crippen LogP contribution is 2.26. The Morgan fingerprint density at radius 1 is 1.11 bits per heavy atom. The van der Waals surface area contributed by atoms with Crippen LogP contribution in [0.15, 0.2) is 53.1 Å². The van der Waals surface area contributed by atoms with Gasteiger partial charge in [0.1, 0.15) is 5.75 Å². The Labute approximate surface area is 207 Å². The average Bonchev–Trinajstić information content (AvgIpc) is 3.32. The second-order valence-electron chi connectivity index (χ2n) is 9.89. The molecule has 1 aromatic heterocycles. The summed E-state index contributed by atoms with van der Waals surface area (Å²) < 4.78 is 10.8. The molecule has 186 valence electrons. The van der Waals surface area contributed by atoms with E-state index in [1.807, 2.05) is 48.5 Å². The van der Waals surface area contributed by atoms with Gasteiger partial charge >= 0.3 is 0 Å². The maximum absolute atomic E-state index is 13.1. The highest BCUT2D eigenvalue weighted by Gasteiger charge is 2.28. The summed E-state index contributed by atoms with van der Waals surface area (Å²) in [6.45, 7) is 8.69. The Balaban J connectivity index is 1.30. The predicted molar refractivity (Wildman–Crippen MR) is 136 cm³/mol. The topological polar surface area (TPSA) is 80.5 Å². The molecule has 1 atom stereocenters. The van der Waals surface area contributed by atoms with Crippen molar-refractivity contribution in [3.8, 4) is 17.1 Å². The summed E-state index contributed by atoms with van der Waals surface area (Å²) in [6, 6.07) is 16.1. The summed E-state index contributed by atoms with van der Waals surface area (Å²) in [7, 11) is 1.66. The first-order valence-electron chi connectivity index (χ1n) is 12.5. The van der Waals surface area contributed by atoms with E-state index in [9.17, 15) is 4.79 Å². The number of benzene rings is 2. The molecule has 4 rings (SSSR count). The third-order valence-electron chi connectivity index (χ3n) is 6.64. The van der Waals surface area contributed by atoms with Crippen LogP contribution in [-0.2, 0) is 11.3 Å². The lowest BCUT2D eigenvalue weighted by molar-refractivity contribution is -0.127. The van der Waals surface area contributed by atoms with Gasteiger partial charge in [0.15, 0.2) is 0 Å². The Morgan fingerprint density at radius 3 is 2.43 bits per heavy atom. The van der Waals surface area contributed by atoms with E-state index in [-0.39, 0.29) is 17.9 Å². The standard InChI is InChI=1S/C28H36N4O3/c1-19(2)17-25(21-9-11-24(34-4)12-10-21)29-28(33)23-13-15-32(16-14-23)18-26-30-27(31-35-26)22-7-5-20(3)6-8-22/h5-12,19,23,25H,13-18H2,1-4H3,(H,29,33). The highest BCUT2D eigenvalue weighted by atomic mass is 16.5. The van der Waals surface area contributed by atoms with Crippen LogP contribution in [0.4, 0.5) is 0 Å². The van der Waals surface area contributed by atoms with E-state index in [2.05, 4.69) is 41.1 Å². The molecule has 0 aliphatic carbocycles. The van der Waals surface area contributed by atoms with Crippen molar-refractivity contribution in [3.05, 3.63) is 65.5 Å². The van der Waals surface area contributed by atoms with E-state index >= 15 is 0 Å². The van der Waals surface area contributed by atoms with Gasteiger partial charge in [-0.2, -0.15) is 4.98 Å². The van der Waals surface area contributed by atoms with Gasteiger partial charge in [-0.15, -0.1) is 0 Å². The number of rotatable bonds is 9. The number of nitrogens with one attached hydrogen (secondary N) is 1. The fraction of sp³-hybridized carbons (Fsp3) is 0.464. The first-order chi connectivity index (χ1) is 16.9. The van der Waals surface area contributed by atoms with Crippen molar-refractivity contribution in [2.75, 3.05) is 20.2 Å². The number of hydrogen-bond donors (Lipinski definition) is 1. The third-order valence-corrected chi connectivity index (χ3v) is 6.64. The van der Waals surface area contributed by atoms with Crippen LogP contribution >= 0.6 is 0 Å². The number of nitrogens with zero attached hydrogens (tertiary/aromatic N) is 3. The van der Waals surface area contributed by atoms with Crippen molar-refractivity contribution in [3.63, 3.8) is 0 Å². The molecule has 1 aliphatic rings. The van der Waals surface area contributed by atoms with E-state index in [0.717, 1.165) is 49.2 Å². The van der Waals surface area contributed by atoms with Crippen LogP contribution in [0.3, 0.4) is 0 Å². The van der Waals surface area contributed by atoms with Gasteiger partial charge < -0.3 is 14.6 Å². The van der Waals surface area contributed by atoms with E-state index in [0.29, 0.717) is 24.2 Å². The van der Waals surface area contributed by atoms with Gasteiger partial charge in [0, 0.05) is 11.5 Å². The Morgan fingerprint density at radius 2 is 1.80 bits per heavy atom. The first kappa shape index (κ1) is 24.9. The number of hydrogen-bond acceptors (Lipinski definition) is 6. The molecule has 0 radical (unpaired) electrons. The Hall–Kier alpha value is -3.19. The van der Waals surface area contributed by atoms with Gasteiger partial charge in [0.25, 0.3) is 0 Å². The molecule has 7 heteroatoms. The van der Waals surface area contributed by atoms with Crippen molar-refractivity contribution >= 4 is 5.91 Å². The van der Waals surface area contributed by atoms with Crippen molar-refractivity contribution in [2.24, 2.45) is 11.8 Å². The Kier molecular flexibility index (Phi) is 8.18. The van der Waals surface area contributed by atoms with Gasteiger partial charge in [-0.05, 0) is 62.9 Å². The highest BCUT2D eigenvalue weighted by molar-refractivity contribution is 5.79. The van der Waals surface area contributed by atoms with Gasteiger partial charge in [-0.3, -0.25) is 9.69 Å². The van der Waals surface area contributed by atoms with Crippen molar-refractivity contribution in [1.29, 1.82) is 0 Å². The molecule has 1 N–H and O–H groups in total. The van der Waals surface area contributed by atoms with Crippen LogP contribution in [0.1, 0.15) is 56.2 Å². The molecule has 1 saturated heterocycles. The SMILES string of the molecule is COc1ccc(C(CC(C)C)NC(=O)C2CCN(Cc3nc(-c4ccc(C)cc4)no3)CC2)cc1. The van der Waals surface area contributed by atoms with Gasteiger partial charge in [-0.1, -0.05) is 61.0 Å². The summed E-state index contributed by atoms with van der Waals surface area (Å²) in [5.74, 6) is 2.69. The van der Waals surface area contributed by atoms with Crippen LogP contribution in [0.5, 0.6) is 5.75 Å². The summed E-state index contributed by atoms with van der Waals surface area (Å²) in [5.41, 5.74) is 3.27. The lowest BCUT2D eigenvalue weighted by Gasteiger charge is -2.31. The minimum Gasteiger partial charge on any atom is -0.497 e. The molecule has 2 heterocycles. The van der Waals surface area contributed by atoms with Crippen LogP contribution < -0.4 is 10.1 Å². The second kappa shape index (κ2) is 11.5. The monoisotopic (exact) mass is 476 g/mol. The number of carbonyl (C=O) groups excluding carboxylic acids is 1. The molecule has 0 spiro atoms. The molecular weight excluding hydrogens is 440 g/mol. The van der Waals surface area contributed by atoms with Crippen LogP contribution in [-0.4, -0.2) is 41.1 Å². The predicted octanol–water partition coefficient (Wildman–Crippen LogP) is 5.17. The number of aryl methyl sites for hydroxylation is 1. The number of carbonyl (C=O) groups is 1. The quantitative estimate of drug-likeness (QED) is 0.459. The number of likely N-dealkylation sites (tertiary alicyclic amines) is 1. The molecule has 0 saturated carbocycles. The van der Waals surface area contributed by atoms with E-state index < -0.39 is 0 Å². The van der Waals surface area contributed by atoms with Crippen molar-refractivity contribution < 1.29 is 14.1 Å². The normalized spacial score (nSPS) is 15.8. The lowest BCUT2D eigenvalue weighted by atomic mass is 9.93. The fourth-order valence-corrected chi connectivity index (χ4v) is 4.56. The molecule has 1 fully saturated rings. The molecule has 3 aromatic rings. The van der Waals surface area contributed by atoms with E-state index in [1.165, 1.54) is 5.56 Å². The van der Waals surface area contributed by atoms with Gasteiger partial charge in [0.05, 0.1) is 19.7 Å². The number of aromatic nitrogens is 2. The number of methoxy groups -OCH3 is 1. The largest absolute Gasteiger partial charge is 0.497 e. The maximum atomic E-state index is 13.1. The summed E-state index contributed by atoms with van der Waals surface area (Å²) in [5, 5.41) is 7.46. The first-order valence-corrected chi connectivity index (χ1v) is 12.5. The van der Waals surface area contributed by atoms with E-state index in [1.54, 1.807) is 7.11 Å². The van der Waals surface area contributed by atoms with Gasteiger partial charge in [0.2, 0.25) is 17.6 Å². The van der Waals surface area contributed by atoms with Crippen LogP contribution in [0.2, 0.25) is 0 Å². The second-order valence-corrected chi connectivity index (χ2v) is 9.89. The summed E-state index contributed by atoms with van der Waals surface area (Å²) in [4.78, 5) is 20.0. The van der Waals surface area contributed by atoms with Crippen LogP contribution in [0.25, 0.3) is 11.4 Å². The number of piperidine rings is 1. The zero-order chi connectivity index (χ0) is 24.8. The molecular formula is C28H36N4O3. The average molecular weight is 477 g/mol. The lowest BCUT2D eigenvalue weighted by Crippen LogP contribution is -2.41. The van der Waals surface area contributed by atoms with Crippen LogP contribution in [0, 0.1) is 18.8 Å². The third kappa shape index (κ3) is 6.69. The zero-order valence-electron chi connectivity index (χ0n) is 21.2. The number of ether oxygens (including phenoxy) is 1. The smallest absolute Gasteiger partial charge is 0.241 e. The Bertz CT molecular complexity index is 1080. The minimum absolute atomic E-state index is 0.00465. The van der Waals surface area contributed by atoms with E-state index in [4.69, 9.17) is 9.26 Å². The molecule has 1 unspecified atom stereocenters. The zero-order valence-corrected chi connectivity index (χ0v) is 21.2. The summed E-state index contributed by atoms with van der Waals surface area (Å²) >= 11 is 0. The molecule has 7 nitrogen and oxygen atoms in total. The minimum atomic E-state index is 0.00465. The van der Waals surface area contributed by atoms with Crippen molar-refractivity contribution in [2.45, 2.75) is 52.6 Å². The fourth-order valence-electron chi connectivity index (χ4n) is 4.56. The number of amides is 1. The molecule has 1 amide bonds. The van der Waals surface area contributed by atoms with Gasteiger partial charge in [-0.25, -0.2) is 0 Å². The van der Waals surface area contributed by atoms with Crippen molar-refractivity contribution in [1.82, 2.24) is 20.4 Å². The molecule has 1 aliphatic heterocycles. The molecule has 35 heavy (non-hydrogen) atoms. The molecule has 2 aromatic carbocycles.